The van der Waals surface area contributed by atoms with E-state index in [1.165, 1.54) is 36.4 Å². The molecular weight excluding hydrogens is 444 g/mol. The first kappa shape index (κ1) is 23.5. The van der Waals surface area contributed by atoms with Gasteiger partial charge in [0.05, 0.1) is 16.4 Å². The monoisotopic (exact) mass is 466 g/mol. The lowest BCUT2D eigenvalue weighted by Gasteiger charge is -2.17. The number of hydrogen-bond acceptors (Lipinski definition) is 2. The van der Waals surface area contributed by atoms with Crippen molar-refractivity contribution in [1.29, 1.82) is 0 Å². The molecule has 0 aliphatic heterocycles. The van der Waals surface area contributed by atoms with E-state index in [0.29, 0.717) is 17.1 Å². The molecule has 164 valence electrons. The molecule has 0 amide bonds. The molecule has 3 aromatic carbocycles. The molecule has 0 heterocycles. The summed E-state index contributed by atoms with van der Waals surface area (Å²) >= 11 is 12.3. The second-order valence-corrected chi connectivity index (χ2v) is 8.48. The Balaban J connectivity index is 1.94. The lowest BCUT2D eigenvalue weighted by Crippen LogP contribution is -2.14. The Bertz CT molecular complexity index is 1070. The second-order valence-electron chi connectivity index (χ2n) is 7.67. The SMILES string of the molecule is CN(C)CCCc1cc(Nc2ccc(F)cc2Cl)c(F)cc1Cc1ccc(F)cc1Cl. The Morgan fingerprint density at radius 2 is 1.45 bits per heavy atom. The Morgan fingerprint density at radius 1 is 0.774 bits per heavy atom. The molecule has 1 N–H and O–H groups in total. The predicted octanol–water partition coefficient (Wildman–Crippen LogP) is 7.24. The molecule has 3 aromatic rings. The lowest BCUT2D eigenvalue weighted by atomic mass is 9.95. The molecule has 0 aliphatic rings. The van der Waals surface area contributed by atoms with E-state index in [9.17, 15) is 13.2 Å². The molecule has 0 saturated carbocycles. The van der Waals surface area contributed by atoms with Gasteiger partial charge < -0.3 is 10.2 Å². The van der Waals surface area contributed by atoms with Crippen LogP contribution >= 0.6 is 23.2 Å². The Kier molecular flexibility index (Phi) is 7.87. The van der Waals surface area contributed by atoms with Crippen molar-refractivity contribution in [2.24, 2.45) is 0 Å². The maximum atomic E-state index is 15.0. The summed E-state index contributed by atoms with van der Waals surface area (Å²) in [6.45, 7) is 0.876. The number of aryl methyl sites for hydroxylation is 1. The summed E-state index contributed by atoms with van der Waals surface area (Å²) in [6, 6.07) is 11.3. The first-order valence-electron chi connectivity index (χ1n) is 9.85. The molecule has 0 atom stereocenters. The lowest BCUT2D eigenvalue weighted by molar-refractivity contribution is 0.400. The highest BCUT2D eigenvalue weighted by Gasteiger charge is 2.14. The van der Waals surface area contributed by atoms with Gasteiger partial charge in [0.15, 0.2) is 0 Å². The normalized spacial score (nSPS) is 11.2. The van der Waals surface area contributed by atoms with Crippen LogP contribution < -0.4 is 5.32 Å². The zero-order valence-corrected chi connectivity index (χ0v) is 18.8. The van der Waals surface area contributed by atoms with Crippen LogP contribution in [0.5, 0.6) is 0 Å². The quantitative estimate of drug-likeness (QED) is 0.376. The van der Waals surface area contributed by atoms with Crippen LogP contribution in [-0.4, -0.2) is 25.5 Å². The highest BCUT2D eigenvalue weighted by atomic mass is 35.5. The van der Waals surface area contributed by atoms with Gasteiger partial charge in [-0.3, -0.25) is 0 Å². The van der Waals surface area contributed by atoms with E-state index in [2.05, 4.69) is 10.2 Å². The van der Waals surface area contributed by atoms with Crippen molar-refractivity contribution in [2.45, 2.75) is 19.3 Å². The number of anilines is 2. The van der Waals surface area contributed by atoms with Crippen molar-refractivity contribution >= 4 is 34.6 Å². The fourth-order valence-corrected chi connectivity index (χ4v) is 3.79. The summed E-state index contributed by atoms with van der Waals surface area (Å²) in [7, 11) is 3.99. The Labute approximate surface area is 190 Å². The van der Waals surface area contributed by atoms with E-state index in [-0.39, 0.29) is 10.7 Å². The highest BCUT2D eigenvalue weighted by Crippen LogP contribution is 2.31. The summed E-state index contributed by atoms with van der Waals surface area (Å²) in [5.41, 5.74) is 3.11. The zero-order valence-electron chi connectivity index (χ0n) is 17.3. The number of halogens is 5. The maximum Gasteiger partial charge on any atom is 0.146 e. The summed E-state index contributed by atoms with van der Waals surface area (Å²) in [5, 5.41) is 3.43. The summed E-state index contributed by atoms with van der Waals surface area (Å²) < 4.78 is 41.7. The summed E-state index contributed by atoms with van der Waals surface area (Å²) in [6.07, 6.45) is 1.98. The average Bonchev–Trinajstić information content (AvgIpc) is 2.68. The fraction of sp³-hybridized carbons (Fsp3) is 0.250. The van der Waals surface area contributed by atoms with Gasteiger partial charge in [0.2, 0.25) is 0 Å². The van der Waals surface area contributed by atoms with E-state index in [1.807, 2.05) is 14.1 Å². The van der Waals surface area contributed by atoms with Crippen LogP contribution in [0.2, 0.25) is 10.0 Å². The third-order valence-electron chi connectivity index (χ3n) is 4.94. The molecule has 7 heteroatoms. The average molecular weight is 467 g/mol. The van der Waals surface area contributed by atoms with Crippen LogP contribution in [0.15, 0.2) is 48.5 Å². The van der Waals surface area contributed by atoms with Crippen LogP contribution in [0.25, 0.3) is 0 Å². The number of nitrogens with one attached hydrogen (secondary N) is 1. The van der Waals surface area contributed by atoms with Gasteiger partial charge in [-0.2, -0.15) is 0 Å². The van der Waals surface area contributed by atoms with Gasteiger partial charge in [-0.1, -0.05) is 29.3 Å². The molecule has 0 radical (unpaired) electrons. The molecule has 0 fully saturated rings. The first-order valence-corrected chi connectivity index (χ1v) is 10.6. The zero-order chi connectivity index (χ0) is 22.5. The van der Waals surface area contributed by atoms with Crippen molar-refractivity contribution in [3.63, 3.8) is 0 Å². The van der Waals surface area contributed by atoms with E-state index in [4.69, 9.17) is 23.2 Å². The van der Waals surface area contributed by atoms with E-state index < -0.39 is 17.5 Å². The number of benzene rings is 3. The first-order chi connectivity index (χ1) is 14.7. The van der Waals surface area contributed by atoms with Gasteiger partial charge in [0, 0.05) is 5.02 Å². The van der Waals surface area contributed by atoms with Gasteiger partial charge in [-0.15, -0.1) is 0 Å². The maximum absolute atomic E-state index is 15.0. The van der Waals surface area contributed by atoms with Gasteiger partial charge in [-0.25, -0.2) is 13.2 Å². The Morgan fingerprint density at radius 3 is 2.10 bits per heavy atom. The van der Waals surface area contributed by atoms with Gasteiger partial charge in [0.25, 0.3) is 0 Å². The molecule has 31 heavy (non-hydrogen) atoms. The Hall–Kier alpha value is -2.21. The van der Waals surface area contributed by atoms with Crippen molar-refractivity contribution in [3.8, 4) is 0 Å². The standard InChI is InChI=1S/C24H23Cl2F3N2/c1-31(2)9-3-4-15-12-24(30-23-8-7-19(28)14-21(23)26)22(29)11-17(15)10-16-5-6-18(27)13-20(16)25/h5-8,11-14,30H,3-4,9-10H2,1-2H3. The predicted molar refractivity (Wildman–Crippen MR) is 122 cm³/mol. The van der Waals surface area contributed by atoms with E-state index in [1.54, 1.807) is 12.1 Å². The van der Waals surface area contributed by atoms with Crippen molar-refractivity contribution in [2.75, 3.05) is 26.0 Å². The number of hydrogen-bond donors (Lipinski definition) is 1. The second kappa shape index (κ2) is 10.4. The molecule has 2 nitrogen and oxygen atoms in total. The minimum atomic E-state index is -0.468. The smallest absolute Gasteiger partial charge is 0.146 e. The van der Waals surface area contributed by atoms with E-state index >= 15 is 0 Å². The van der Waals surface area contributed by atoms with E-state index in [0.717, 1.165) is 36.1 Å². The number of nitrogens with zero attached hydrogens (tertiary/aromatic N) is 1. The van der Waals surface area contributed by atoms with Crippen molar-refractivity contribution in [3.05, 3.63) is 92.7 Å². The molecule has 0 unspecified atom stereocenters. The molecule has 3 rings (SSSR count). The molecule has 0 aromatic heterocycles. The van der Waals surface area contributed by atoms with Crippen LogP contribution in [0, 0.1) is 17.5 Å². The fourth-order valence-electron chi connectivity index (χ4n) is 3.34. The van der Waals surface area contributed by atoms with Gasteiger partial charge >= 0.3 is 0 Å². The van der Waals surface area contributed by atoms with Gasteiger partial charge in [0.1, 0.15) is 17.5 Å². The molecule has 0 aliphatic carbocycles. The molecule has 0 bridgehead atoms. The molecular formula is C24H23Cl2F3N2. The van der Waals surface area contributed by atoms with Crippen LogP contribution in [0.3, 0.4) is 0 Å². The summed E-state index contributed by atoms with van der Waals surface area (Å²) in [4.78, 5) is 2.08. The van der Waals surface area contributed by atoms with Crippen molar-refractivity contribution in [1.82, 2.24) is 4.90 Å². The topological polar surface area (TPSA) is 15.3 Å². The minimum absolute atomic E-state index is 0.163. The third kappa shape index (κ3) is 6.39. The summed E-state index contributed by atoms with van der Waals surface area (Å²) in [5.74, 6) is -1.35. The van der Waals surface area contributed by atoms with Crippen LogP contribution in [0.1, 0.15) is 23.1 Å². The van der Waals surface area contributed by atoms with Crippen LogP contribution in [-0.2, 0) is 12.8 Å². The largest absolute Gasteiger partial charge is 0.352 e. The minimum Gasteiger partial charge on any atom is -0.352 e. The molecule has 0 spiro atoms. The molecule has 0 saturated heterocycles. The highest BCUT2D eigenvalue weighted by molar-refractivity contribution is 6.33. The van der Waals surface area contributed by atoms with Gasteiger partial charge in [-0.05, 0) is 99.1 Å². The number of rotatable bonds is 8. The third-order valence-corrected chi connectivity index (χ3v) is 5.60. The van der Waals surface area contributed by atoms with Crippen LogP contribution in [0.4, 0.5) is 24.5 Å². The van der Waals surface area contributed by atoms with Crippen molar-refractivity contribution < 1.29 is 13.2 Å².